The molecular weight excluding hydrogens is 216 g/mol. The van der Waals surface area contributed by atoms with Gasteiger partial charge in [0, 0.05) is 6.20 Å². The summed E-state index contributed by atoms with van der Waals surface area (Å²) in [5, 5.41) is 0. The zero-order valence-corrected chi connectivity index (χ0v) is 10.4. The number of aromatic nitrogens is 1. The van der Waals surface area contributed by atoms with Crippen LogP contribution in [0.4, 0.5) is 0 Å². The Kier molecular flexibility index (Phi) is 3.84. The molecule has 0 spiro atoms. The summed E-state index contributed by atoms with van der Waals surface area (Å²) in [5.74, 6) is 1.93. The monoisotopic (exact) mass is 236 g/mol. The Hall–Kier alpha value is -1.29. The molecule has 1 aromatic heterocycles. The minimum absolute atomic E-state index is 0.125. The number of pyridine rings is 1. The SMILES string of the molecule is CC(C)Oc1cccnc1OC1CC(CN)C1. The number of hydrogen-bond donors (Lipinski definition) is 1. The first-order valence-corrected chi connectivity index (χ1v) is 6.17. The summed E-state index contributed by atoms with van der Waals surface area (Å²) in [6.07, 6.45) is 4.14. The van der Waals surface area contributed by atoms with Crippen molar-refractivity contribution in [3.05, 3.63) is 18.3 Å². The van der Waals surface area contributed by atoms with Crippen molar-refractivity contribution in [1.29, 1.82) is 0 Å². The van der Waals surface area contributed by atoms with E-state index in [1.54, 1.807) is 6.20 Å². The summed E-state index contributed by atoms with van der Waals surface area (Å²) in [6.45, 7) is 4.73. The second kappa shape index (κ2) is 5.36. The molecule has 1 heterocycles. The number of hydrogen-bond acceptors (Lipinski definition) is 4. The van der Waals surface area contributed by atoms with E-state index in [0.29, 0.717) is 11.8 Å². The molecule has 0 bridgehead atoms. The summed E-state index contributed by atoms with van der Waals surface area (Å²) >= 11 is 0. The highest BCUT2D eigenvalue weighted by Gasteiger charge is 2.30. The standard InChI is InChI=1S/C13H20N2O2/c1-9(2)16-12-4-3-5-15-13(12)17-11-6-10(7-11)8-14/h3-5,9-11H,6-8,14H2,1-2H3. The van der Waals surface area contributed by atoms with Crippen LogP contribution in [0.2, 0.25) is 0 Å². The lowest BCUT2D eigenvalue weighted by Crippen LogP contribution is -2.38. The smallest absolute Gasteiger partial charge is 0.257 e. The predicted molar refractivity (Wildman–Crippen MR) is 66.2 cm³/mol. The maximum Gasteiger partial charge on any atom is 0.257 e. The zero-order valence-electron chi connectivity index (χ0n) is 10.4. The Bertz CT molecular complexity index is 362. The second-order valence-electron chi connectivity index (χ2n) is 4.79. The van der Waals surface area contributed by atoms with E-state index in [-0.39, 0.29) is 12.2 Å². The maximum atomic E-state index is 5.82. The lowest BCUT2D eigenvalue weighted by molar-refractivity contribution is 0.0598. The minimum Gasteiger partial charge on any atom is -0.485 e. The van der Waals surface area contributed by atoms with Crippen molar-refractivity contribution >= 4 is 0 Å². The van der Waals surface area contributed by atoms with E-state index in [9.17, 15) is 0 Å². The first-order valence-electron chi connectivity index (χ1n) is 6.17. The highest BCUT2D eigenvalue weighted by Crippen LogP contribution is 2.33. The lowest BCUT2D eigenvalue weighted by atomic mass is 9.82. The van der Waals surface area contributed by atoms with Crippen LogP contribution in [0.15, 0.2) is 18.3 Å². The van der Waals surface area contributed by atoms with Crippen LogP contribution in [0.1, 0.15) is 26.7 Å². The maximum absolute atomic E-state index is 5.82. The number of ether oxygens (including phenoxy) is 2. The Morgan fingerprint density at radius 1 is 1.47 bits per heavy atom. The van der Waals surface area contributed by atoms with Gasteiger partial charge in [0.2, 0.25) is 0 Å². The normalized spacial score (nSPS) is 23.3. The van der Waals surface area contributed by atoms with Crippen LogP contribution in [0, 0.1) is 5.92 Å². The molecule has 2 rings (SSSR count). The van der Waals surface area contributed by atoms with Gasteiger partial charge in [-0.1, -0.05) is 0 Å². The molecule has 0 aliphatic heterocycles. The first kappa shape index (κ1) is 12.2. The van der Waals surface area contributed by atoms with Crippen LogP contribution in [-0.4, -0.2) is 23.7 Å². The van der Waals surface area contributed by atoms with Gasteiger partial charge in [0.15, 0.2) is 5.75 Å². The van der Waals surface area contributed by atoms with E-state index in [1.807, 2.05) is 26.0 Å². The average Bonchev–Trinajstić information content (AvgIpc) is 2.24. The molecule has 4 nitrogen and oxygen atoms in total. The molecule has 2 N–H and O–H groups in total. The van der Waals surface area contributed by atoms with Crippen LogP contribution < -0.4 is 15.2 Å². The van der Waals surface area contributed by atoms with Gasteiger partial charge in [0.05, 0.1) is 6.10 Å². The van der Waals surface area contributed by atoms with E-state index in [1.165, 1.54) is 0 Å². The fourth-order valence-corrected chi connectivity index (χ4v) is 1.93. The molecule has 0 aromatic carbocycles. The van der Waals surface area contributed by atoms with Crippen molar-refractivity contribution in [1.82, 2.24) is 4.98 Å². The summed E-state index contributed by atoms with van der Waals surface area (Å²) in [7, 11) is 0. The molecule has 1 aliphatic rings. The number of nitrogens with zero attached hydrogens (tertiary/aromatic N) is 1. The van der Waals surface area contributed by atoms with Crippen LogP contribution in [0.3, 0.4) is 0 Å². The van der Waals surface area contributed by atoms with Gasteiger partial charge in [-0.15, -0.1) is 0 Å². The third-order valence-corrected chi connectivity index (χ3v) is 2.90. The average molecular weight is 236 g/mol. The van der Waals surface area contributed by atoms with Gasteiger partial charge in [0.25, 0.3) is 5.88 Å². The van der Waals surface area contributed by atoms with Crippen LogP contribution in [-0.2, 0) is 0 Å². The van der Waals surface area contributed by atoms with Crippen molar-refractivity contribution in [2.75, 3.05) is 6.54 Å². The van der Waals surface area contributed by atoms with E-state index >= 15 is 0 Å². The molecule has 0 radical (unpaired) electrons. The third kappa shape index (κ3) is 3.09. The molecular formula is C13H20N2O2. The third-order valence-electron chi connectivity index (χ3n) is 2.90. The lowest BCUT2D eigenvalue weighted by Gasteiger charge is -2.34. The summed E-state index contributed by atoms with van der Waals surface area (Å²) in [4.78, 5) is 4.23. The zero-order chi connectivity index (χ0) is 12.3. The van der Waals surface area contributed by atoms with E-state index in [0.717, 1.165) is 25.1 Å². The molecule has 1 saturated carbocycles. The van der Waals surface area contributed by atoms with E-state index in [4.69, 9.17) is 15.2 Å². The van der Waals surface area contributed by atoms with Crippen molar-refractivity contribution in [3.8, 4) is 11.6 Å². The van der Waals surface area contributed by atoms with Crippen LogP contribution >= 0.6 is 0 Å². The summed E-state index contributed by atoms with van der Waals surface area (Å²) in [6, 6.07) is 3.75. The van der Waals surface area contributed by atoms with E-state index in [2.05, 4.69) is 4.98 Å². The van der Waals surface area contributed by atoms with E-state index < -0.39 is 0 Å². The van der Waals surface area contributed by atoms with Gasteiger partial charge in [-0.05, 0) is 51.3 Å². The van der Waals surface area contributed by atoms with Crippen LogP contribution in [0.25, 0.3) is 0 Å². The molecule has 0 atom stereocenters. The first-order chi connectivity index (χ1) is 8.19. The van der Waals surface area contributed by atoms with Gasteiger partial charge in [-0.2, -0.15) is 0 Å². The molecule has 0 amide bonds. The van der Waals surface area contributed by atoms with Gasteiger partial charge in [-0.3, -0.25) is 0 Å². The minimum atomic E-state index is 0.125. The molecule has 17 heavy (non-hydrogen) atoms. The molecule has 0 saturated heterocycles. The topological polar surface area (TPSA) is 57.4 Å². The largest absolute Gasteiger partial charge is 0.485 e. The van der Waals surface area contributed by atoms with Gasteiger partial charge < -0.3 is 15.2 Å². The highest BCUT2D eigenvalue weighted by molar-refractivity contribution is 5.33. The van der Waals surface area contributed by atoms with Crippen molar-refractivity contribution in [3.63, 3.8) is 0 Å². The van der Waals surface area contributed by atoms with Gasteiger partial charge in [-0.25, -0.2) is 4.98 Å². The van der Waals surface area contributed by atoms with Crippen molar-refractivity contribution in [2.24, 2.45) is 11.7 Å². The quantitative estimate of drug-likeness (QED) is 0.849. The predicted octanol–water partition coefficient (Wildman–Crippen LogP) is 1.98. The highest BCUT2D eigenvalue weighted by atomic mass is 16.5. The molecule has 4 heteroatoms. The summed E-state index contributed by atoms with van der Waals surface area (Å²) < 4.78 is 11.5. The Morgan fingerprint density at radius 3 is 2.88 bits per heavy atom. The Labute approximate surface area is 102 Å². The van der Waals surface area contributed by atoms with Crippen LogP contribution in [0.5, 0.6) is 11.6 Å². The fourth-order valence-electron chi connectivity index (χ4n) is 1.93. The van der Waals surface area contributed by atoms with Crippen molar-refractivity contribution in [2.45, 2.75) is 38.9 Å². The van der Waals surface area contributed by atoms with Gasteiger partial charge >= 0.3 is 0 Å². The fraction of sp³-hybridized carbons (Fsp3) is 0.615. The second-order valence-corrected chi connectivity index (χ2v) is 4.79. The molecule has 1 fully saturated rings. The Morgan fingerprint density at radius 2 is 2.24 bits per heavy atom. The number of rotatable bonds is 5. The van der Waals surface area contributed by atoms with Gasteiger partial charge in [0.1, 0.15) is 6.10 Å². The summed E-state index contributed by atoms with van der Waals surface area (Å²) in [5.41, 5.74) is 5.59. The molecule has 94 valence electrons. The Balaban J connectivity index is 1.96. The number of nitrogens with two attached hydrogens (primary N) is 1. The molecule has 1 aliphatic carbocycles. The molecule has 0 unspecified atom stereocenters. The van der Waals surface area contributed by atoms with Crippen molar-refractivity contribution < 1.29 is 9.47 Å². The molecule has 1 aromatic rings.